The van der Waals surface area contributed by atoms with Gasteiger partial charge in [-0.25, -0.2) is 0 Å². The van der Waals surface area contributed by atoms with Gasteiger partial charge in [-0.1, -0.05) is 6.42 Å². The molecule has 0 spiro atoms. The fourth-order valence-corrected chi connectivity index (χ4v) is 3.15. The summed E-state index contributed by atoms with van der Waals surface area (Å²) in [7, 11) is 0. The van der Waals surface area contributed by atoms with Crippen LogP contribution in [0.1, 0.15) is 44.3 Å². The largest absolute Gasteiger partial charge is 0.494 e. The monoisotopic (exact) mass is 351 g/mol. The highest BCUT2D eigenvalue weighted by molar-refractivity contribution is 5.79. The number of aliphatic hydroxyl groups is 1. The molecule has 3 N–H and O–H groups in total. The highest BCUT2D eigenvalue weighted by Crippen LogP contribution is 2.29. The molecule has 1 fully saturated rings. The minimum atomic E-state index is -0.976. The van der Waals surface area contributed by atoms with Gasteiger partial charge in [0, 0.05) is 12.5 Å². The molecule has 2 atom stereocenters. The van der Waals surface area contributed by atoms with Crippen LogP contribution >= 0.6 is 0 Å². The highest BCUT2D eigenvalue weighted by Gasteiger charge is 2.25. The Labute approximate surface area is 146 Å². The third kappa shape index (κ3) is 5.14. The summed E-state index contributed by atoms with van der Waals surface area (Å²) >= 11 is 0. The molecule has 1 aliphatic rings. The molecule has 25 heavy (non-hydrogen) atoms. The first kappa shape index (κ1) is 19.1. The summed E-state index contributed by atoms with van der Waals surface area (Å²) in [5, 5.41) is 20.7. The van der Waals surface area contributed by atoms with E-state index in [0.29, 0.717) is 12.2 Å². The zero-order valence-corrected chi connectivity index (χ0v) is 14.4. The van der Waals surface area contributed by atoms with Gasteiger partial charge >= 0.3 is 0 Å². The molecule has 0 saturated carbocycles. The summed E-state index contributed by atoms with van der Waals surface area (Å²) in [6.45, 7) is 3.45. The maximum atomic E-state index is 11.7. The molecular formula is C17H25N3O5. The maximum Gasteiger partial charge on any atom is 0.275 e. The Hall–Kier alpha value is -2.19. The Morgan fingerprint density at radius 3 is 2.64 bits per heavy atom. The number of rotatable bonds is 8. The number of nitrogens with zero attached hydrogens (tertiary/aromatic N) is 2. The number of carbonyl (C=O) groups is 1. The maximum absolute atomic E-state index is 11.7. The molecular weight excluding hydrogens is 326 g/mol. The van der Waals surface area contributed by atoms with Gasteiger partial charge in [-0.3, -0.25) is 19.8 Å². The van der Waals surface area contributed by atoms with Crippen molar-refractivity contribution in [3.05, 3.63) is 33.9 Å². The zero-order chi connectivity index (χ0) is 18.4. The number of nitro groups is 1. The van der Waals surface area contributed by atoms with Crippen molar-refractivity contribution in [1.82, 2.24) is 4.90 Å². The number of nitrogens with two attached hydrogens (primary N) is 1. The molecule has 1 aromatic carbocycles. The Bertz CT molecular complexity index is 614. The van der Waals surface area contributed by atoms with Crippen LogP contribution in [0.5, 0.6) is 5.75 Å². The average molecular weight is 351 g/mol. The molecule has 1 aliphatic heterocycles. The number of piperidine rings is 1. The van der Waals surface area contributed by atoms with Gasteiger partial charge in [0.25, 0.3) is 5.69 Å². The number of benzene rings is 1. The lowest BCUT2D eigenvalue weighted by atomic mass is 10.1. The van der Waals surface area contributed by atoms with Crippen LogP contribution in [-0.2, 0) is 4.79 Å². The molecule has 0 radical (unpaired) electrons. The van der Waals surface area contributed by atoms with Crippen molar-refractivity contribution >= 4 is 11.6 Å². The molecule has 2 rings (SSSR count). The van der Waals surface area contributed by atoms with E-state index in [9.17, 15) is 20.0 Å². The fraction of sp³-hybridized carbons (Fsp3) is 0.588. The molecule has 0 bridgehead atoms. The molecule has 8 heteroatoms. The van der Waals surface area contributed by atoms with Crippen molar-refractivity contribution in [2.45, 2.75) is 44.8 Å². The molecule has 1 aromatic rings. The fourth-order valence-electron chi connectivity index (χ4n) is 3.15. The van der Waals surface area contributed by atoms with Gasteiger partial charge < -0.3 is 15.6 Å². The number of primary amides is 1. The minimum Gasteiger partial charge on any atom is -0.494 e. The van der Waals surface area contributed by atoms with Crippen molar-refractivity contribution in [2.24, 2.45) is 5.73 Å². The van der Waals surface area contributed by atoms with Crippen LogP contribution in [-0.4, -0.2) is 46.6 Å². The number of likely N-dealkylation sites (tertiary alicyclic amines) is 1. The summed E-state index contributed by atoms with van der Waals surface area (Å²) in [5.41, 5.74) is 5.57. The molecule has 1 amide bonds. The summed E-state index contributed by atoms with van der Waals surface area (Å²) in [6.07, 6.45) is 2.77. The standard InChI is InChI=1S/C17H25N3O5/c1-12(21)14-11-13(5-6-15(14)20(23)24)25-10-7-16(17(18)22)19-8-3-2-4-9-19/h5-6,11-12,16,21H,2-4,7-10H2,1H3,(H2,18,22). The van der Waals surface area contributed by atoms with E-state index in [1.165, 1.54) is 31.5 Å². The minimum absolute atomic E-state index is 0.148. The van der Waals surface area contributed by atoms with Gasteiger partial charge in [0.1, 0.15) is 5.75 Å². The summed E-state index contributed by atoms with van der Waals surface area (Å²) in [5.74, 6) is 0.0576. The van der Waals surface area contributed by atoms with Crippen molar-refractivity contribution in [3.63, 3.8) is 0 Å². The van der Waals surface area contributed by atoms with E-state index in [4.69, 9.17) is 10.5 Å². The van der Waals surface area contributed by atoms with Crippen molar-refractivity contribution in [2.75, 3.05) is 19.7 Å². The van der Waals surface area contributed by atoms with Gasteiger partial charge in [-0.05, 0) is 45.0 Å². The van der Waals surface area contributed by atoms with Crippen molar-refractivity contribution in [3.8, 4) is 5.75 Å². The van der Waals surface area contributed by atoms with Crippen molar-refractivity contribution < 1.29 is 19.6 Å². The normalized spacial score (nSPS) is 17.7. The number of hydrogen-bond donors (Lipinski definition) is 2. The van der Waals surface area contributed by atoms with Crippen LogP contribution in [0.25, 0.3) is 0 Å². The topological polar surface area (TPSA) is 119 Å². The van der Waals surface area contributed by atoms with E-state index >= 15 is 0 Å². The van der Waals surface area contributed by atoms with Crippen LogP contribution in [0, 0.1) is 10.1 Å². The number of amides is 1. The average Bonchev–Trinajstić information content (AvgIpc) is 2.58. The molecule has 0 aliphatic carbocycles. The number of aliphatic hydroxyl groups excluding tert-OH is 1. The first-order chi connectivity index (χ1) is 11.9. The summed E-state index contributed by atoms with van der Waals surface area (Å²) in [6, 6.07) is 3.90. The molecule has 138 valence electrons. The second-order valence-corrected chi connectivity index (χ2v) is 6.31. The van der Waals surface area contributed by atoms with E-state index in [1.807, 2.05) is 0 Å². The predicted octanol–water partition coefficient (Wildman–Crippen LogP) is 1.76. The number of nitro benzene ring substituents is 1. The number of carbonyl (C=O) groups excluding carboxylic acids is 1. The van der Waals surface area contributed by atoms with E-state index in [2.05, 4.69) is 4.90 Å². The van der Waals surface area contributed by atoms with Gasteiger partial charge in [0.2, 0.25) is 5.91 Å². The van der Waals surface area contributed by atoms with Gasteiger partial charge in [0.15, 0.2) is 0 Å². The van der Waals surface area contributed by atoms with E-state index in [1.54, 1.807) is 0 Å². The third-order valence-electron chi connectivity index (χ3n) is 4.47. The molecule has 2 unspecified atom stereocenters. The van der Waals surface area contributed by atoms with Gasteiger partial charge in [-0.2, -0.15) is 0 Å². The lowest BCUT2D eigenvalue weighted by Gasteiger charge is -2.32. The Morgan fingerprint density at radius 1 is 1.40 bits per heavy atom. The Balaban J connectivity index is 1.98. The smallest absolute Gasteiger partial charge is 0.275 e. The number of hydrogen-bond acceptors (Lipinski definition) is 6. The molecule has 0 aromatic heterocycles. The van der Waals surface area contributed by atoms with Gasteiger partial charge in [-0.15, -0.1) is 0 Å². The molecule has 1 saturated heterocycles. The lowest BCUT2D eigenvalue weighted by molar-refractivity contribution is -0.386. The number of ether oxygens (including phenoxy) is 1. The van der Waals surface area contributed by atoms with Crippen LogP contribution in [0.2, 0.25) is 0 Å². The SMILES string of the molecule is CC(O)c1cc(OCCC(C(N)=O)N2CCCCC2)ccc1[N+](=O)[O-]. The van der Waals surface area contributed by atoms with Crippen LogP contribution < -0.4 is 10.5 Å². The first-order valence-electron chi connectivity index (χ1n) is 8.52. The summed E-state index contributed by atoms with van der Waals surface area (Å²) < 4.78 is 5.63. The second kappa shape index (κ2) is 8.77. The highest BCUT2D eigenvalue weighted by atomic mass is 16.6. The third-order valence-corrected chi connectivity index (χ3v) is 4.47. The van der Waals surface area contributed by atoms with Crippen molar-refractivity contribution in [1.29, 1.82) is 0 Å². The molecule has 1 heterocycles. The summed E-state index contributed by atoms with van der Waals surface area (Å²) in [4.78, 5) is 24.3. The van der Waals surface area contributed by atoms with Crippen LogP contribution in [0.3, 0.4) is 0 Å². The Morgan fingerprint density at radius 2 is 2.08 bits per heavy atom. The zero-order valence-electron chi connectivity index (χ0n) is 14.4. The van der Waals surface area contributed by atoms with Gasteiger partial charge in [0.05, 0.1) is 29.2 Å². The quantitative estimate of drug-likeness (QED) is 0.544. The molecule has 8 nitrogen and oxygen atoms in total. The van der Waals surface area contributed by atoms with E-state index in [-0.39, 0.29) is 29.8 Å². The lowest BCUT2D eigenvalue weighted by Crippen LogP contribution is -2.47. The second-order valence-electron chi connectivity index (χ2n) is 6.31. The first-order valence-corrected chi connectivity index (χ1v) is 8.52. The van der Waals surface area contributed by atoms with E-state index in [0.717, 1.165) is 25.9 Å². The van der Waals surface area contributed by atoms with Crippen LogP contribution in [0.15, 0.2) is 18.2 Å². The predicted molar refractivity (Wildman–Crippen MR) is 92.2 cm³/mol. The van der Waals surface area contributed by atoms with Crippen LogP contribution in [0.4, 0.5) is 5.69 Å². The van der Waals surface area contributed by atoms with E-state index < -0.39 is 11.0 Å². The Kier molecular flexibility index (Phi) is 6.72.